The van der Waals surface area contributed by atoms with Gasteiger partial charge < -0.3 is 14.6 Å². The van der Waals surface area contributed by atoms with E-state index >= 15 is 0 Å². The van der Waals surface area contributed by atoms with Crippen LogP contribution in [-0.2, 0) is 13.5 Å². The molecule has 1 aliphatic rings. The normalized spacial score (nSPS) is 13.8. The predicted octanol–water partition coefficient (Wildman–Crippen LogP) is 3.12. The first kappa shape index (κ1) is 12.2. The van der Waals surface area contributed by atoms with Gasteiger partial charge in [0.25, 0.3) is 0 Å². The van der Waals surface area contributed by atoms with Crippen LogP contribution in [0.2, 0.25) is 0 Å². The van der Waals surface area contributed by atoms with Gasteiger partial charge in [0.2, 0.25) is 5.88 Å². The van der Waals surface area contributed by atoms with Gasteiger partial charge in [0.05, 0.1) is 17.5 Å². The molecule has 3 aromatic rings. The SMILES string of the molecule is Cn1cnc2c(Oc3cccc4c3NCCC4)nccc21. The van der Waals surface area contributed by atoms with E-state index in [0.29, 0.717) is 5.88 Å². The van der Waals surface area contributed by atoms with Gasteiger partial charge in [-0.1, -0.05) is 12.1 Å². The molecule has 1 aromatic carbocycles. The minimum absolute atomic E-state index is 0.550. The maximum Gasteiger partial charge on any atom is 0.247 e. The highest BCUT2D eigenvalue weighted by Crippen LogP contribution is 2.36. The van der Waals surface area contributed by atoms with Gasteiger partial charge >= 0.3 is 0 Å². The van der Waals surface area contributed by atoms with Crippen molar-refractivity contribution in [3.8, 4) is 11.6 Å². The molecule has 1 aliphatic heterocycles. The molecular weight excluding hydrogens is 264 g/mol. The van der Waals surface area contributed by atoms with Crippen LogP contribution in [0, 0.1) is 0 Å². The lowest BCUT2D eigenvalue weighted by molar-refractivity contribution is 0.468. The Hall–Kier alpha value is -2.56. The van der Waals surface area contributed by atoms with Crippen LogP contribution in [0.15, 0.2) is 36.8 Å². The van der Waals surface area contributed by atoms with Gasteiger partial charge in [-0.25, -0.2) is 9.97 Å². The van der Waals surface area contributed by atoms with Crippen LogP contribution in [0.4, 0.5) is 5.69 Å². The Kier molecular flexibility index (Phi) is 2.77. The average Bonchev–Trinajstić information content (AvgIpc) is 2.90. The summed E-state index contributed by atoms with van der Waals surface area (Å²) in [6, 6.07) is 8.08. The molecule has 21 heavy (non-hydrogen) atoms. The largest absolute Gasteiger partial charge is 0.435 e. The topological polar surface area (TPSA) is 52.0 Å². The number of para-hydroxylation sites is 1. The fourth-order valence-electron chi connectivity index (χ4n) is 2.78. The zero-order chi connectivity index (χ0) is 14.2. The molecule has 0 atom stereocenters. The number of ether oxygens (including phenoxy) is 1. The molecule has 2 aromatic heterocycles. The Morgan fingerprint density at radius 2 is 2.19 bits per heavy atom. The summed E-state index contributed by atoms with van der Waals surface area (Å²) in [5, 5.41) is 3.43. The third-order valence-corrected chi connectivity index (χ3v) is 3.85. The van der Waals surface area contributed by atoms with E-state index < -0.39 is 0 Å². The van der Waals surface area contributed by atoms with E-state index in [1.807, 2.05) is 29.8 Å². The summed E-state index contributed by atoms with van der Waals surface area (Å²) in [5.41, 5.74) is 4.18. The molecule has 1 N–H and O–H groups in total. The van der Waals surface area contributed by atoms with E-state index in [1.165, 1.54) is 5.56 Å². The van der Waals surface area contributed by atoms with Gasteiger partial charge in [-0.15, -0.1) is 0 Å². The van der Waals surface area contributed by atoms with E-state index in [9.17, 15) is 0 Å². The molecule has 0 radical (unpaired) electrons. The number of hydrogen-bond donors (Lipinski definition) is 1. The average molecular weight is 280 g/mol. The number of imidazole rings is 1. The number of anilines is 1. The van der Waals surface area contributed by atoms with E-state index in [0.717, 1.165) is 41.9 Å². The summed E-state index contributed by atoms with van der Waals surface area (Å²) in [6.07, 6.45) is 5.77. The lowest BCUT2D eigenvalue weighted by Gasteiger charge is -2.20. The number of nitrogens with zero attached hydrogens (tertiary/aromatic N) is 3. The van der Waals surface area contributed by atoms with Crippen molar-refractivity contribution in [3.63, 3.8) is 0 Å². The van der Waals surface area contributed by atoms with E-state index in [1.54, 1.807) is 12.5 Å². The molecule has 5 heteroatoms. The van der Waals surface area contributed by atoms with Crippen LogP contribution >= 0.6 is 0 Å². The minimum Gasteiger partial charge on any atom is -0.435 e. The molecule has 0 bridgehead atoms. The second kappa shape index (κ2) is 4.77. The molecule has 3 heterocycles. The summed E-state index contributed by atoms with van der Waals surface area (Å²) in [4.78, 5) is 8.72. The number of nitrogens with one attached hydrogen (secondary N) is 1. The summed E-state index contributed by atoms with van der Waals surface area (Å²) in [6.45, 7) is 0.981. The van der Waals surface area contributed by atoms with Crippen LogP contribution in [0.25, 0.3) is 11.0 Å². The van der Waals surface area contributed by atoms with Crippen LogP contribution in [-0.4, -0.2) is 21.1 Å². The number of rotatable bonds is 2. The lowest BCUT2D eigenvalue weighted by Crippen LogP contribution is -2.12. The van der Waals surface area contributed by atoms with Crippen molar-refractivity contribution in [2.45, 2.75) is 12.8 Å². The van der Waals surface area contributed by atoms with Crippen LogP contribution in [0.1, 0.15) is 12.0 Å². The highest BCUT2D eigenvalue weighted by molar-refractivity contribution is 5.80. The Labute approximate surface area is 122 Å². The van der Waals surface area contributed by atoms with Crippen LogP contribution < -0.4 is 10.1 Å². The van der Waals surface area contributed by atoms with Gasteiger partial charge in [0, 0.05) is 19.8 Å². The molecular formula is C16H16N4O. The molecule has 0 aliphatic carbocycles. The van der Waals surface area contributed by atoms with Gasteiger partial charge in [-0.05, 0) is 30.5 Å². The van der Waals surface area contributed by atoms with Crippen molar-refractivity contribution < 1.29 is 4.74 Å². The van der Waals surface area contributed by atoms with Crippen molar-refractivity contribution in [1.29, 1.82) is 0 Å². The first-order valence-electron chi connectivity index (χ1n) is 7.12. The number of fused-ring (bicyclic) bond motifs is 2. The fourth-order valence-corrected chi connectivity index (χ4v) is 2.78. The second-order valence-electron chi connectivity index (χ2n) is 5.26. The van der Waals surface area contributed by atoms with Crippen LogP contribution in [0.5, 0.6) is 11.6 Å². The fraction of sp³-hybridized carbons (Fsp3) is 0.250. The molecule has 0 spiro atoms. The van der Waals surface area contributed by atoms with Crippen molar-refractivity contribution in [2.24, 2.45) is 7.05 Å². The quantitative estimate of drug-likeness (QED) is 0.783. The van der Waals surface area contributed by atoms with E-state index in [-0.39, 0.29) is 0 Å². The van der Waals surface area contributed by atoms with Gasteiger partial charge in [-0.3, -0.25) is 0 Å². The summed E-state index contributed by atoms with van der Waals surface area (Å²) in [5.74, 6) is 1.37. The maximum absolute atomic E-state index is 6.05. The molecule has 0 fully saturated rings. The molecule has 5 nitrogen and oxygen atoms in total. The third-order valence-electron chi connectivity index (χ3n) is 3.85. The Bertz CT molecular complexity index is 809. The van der Waals surface area contributed by atoms with Gasteiger partial charge in [0.15, 0.2) is 11.3 Å². The van der Waals surface area contributed by atoms with Gasteiger partial charge in [0.1, 0.15) is 0 Å². The molecule has 0 unspecified atom stereocenters. The summed E-state index contributed by atoms with van der Waals surface area (Å²) < 4.78 is 8.01. The third kappa shape index (κ3) is 2.01. The van der Waals surface area contributed by atoms with Gasteiger partial charge in [-0.2, -0.15) is 0 Å². The minimum atomic E-state index is 0.550. The Morgan fingerprint density at radius 3 is 3.14 bits per heavy atom. The summed E-state index contributed by atoms with van der Waals surface area (Å²) in [7, 11) is 1.96. The highest BCUT2D eigenvalue weighted by Gasteiger charge is 2.16. The van der Waals surface area contributed by atoms with Crippen molar-refractivity contribution >= 4 is 16.7 Å². The maximum atomic E-state index is 6.05. The molecule has 0 saturated heterocycles. The molecule has 0 amide bonds. The van der Waals surface area contributed by atoms with Crippen molar-refractivity contribution in [2.75, 3.05) is 11.9 Å². The Morgan fingerprint density at radius 1 is 1.24 bits per heavy atom. The van der Waals surface area contributed by atoms with E-state index in [4.69, 9.17) is 4.74 Å². The van der Waals surface area contributed by atoms with Crippen LogP contribution in [0.3, 0.4) is 0 Å². The molecule has 4 rings (SSSR count). The monoisotopic (exact) mass is 280 g/mol. The van der Waals surface area contributed by atoms with E-state index in [2.05, 4.69) is 21.4 Å². The number of aryl methyl sites for hydroxylation is 2. The lowest BCUT2D eigenvalue weighted by atomic mass is 10.0. The zero-order valence-corrected chi connectivity index (χ0v) is 11.8. The van der Waals surface area contributed by atoms with Crippen molar-refractivity contribution in [1.82, 2.24) is 14.5 Å². The standard InChI is InChI=1S/C16H16N4O/c1-20-10-19-15-12(20)7-9-18-16(15)21-13-6-2-4-11-5-3-8-17-14(11)13/h2,4,6-7,9-10,17H,3,5,8H2,1H3. The summed E-state index contributed by atoms with van der Waals surface area (Å²) >= 11 is 0. The number of benzene rings is 1. The van der Waals surface area contributed by atoms with Crippen molar-refractivity contribution in [3.05, 3.63) is 42.4 Å². The predicted molar refractivity (Wildman–Crippen MR) is 81.8 cm³/mol. The number of aromatic nitrogens is 3. The molecule has 106 valence electrons. The number of pyridine rings is 1. The highest BCUT2D eigenvalue weighted by atomic mass is 16.5. The number of hydrogen-bond acceptors (Lipinski definition) is 4. The first-order chi connectivity index (χ1) is 10.3. The zero-order valence-electron chi connectivity index (χ0n) is 11.8. The molecule has 0 saturated carbocycles. The smallest absolute Gasteiger partial charge is 0.247 e. The first-order valence-corrected chi connectivity index (χ1v) is 7.12. The Balaban J connectivity index is 1.78. The second-order valence-corrected chi connectivity index (χ2v) is 5.26.